The number of hydrazine groups is 1. The second kappa shape index (κ2) is 6.81. The number of nitrogens with one attached hydrogen (secondary N) is 2. The Balaban J connectivity index is 2.40. The first kappa shape index (κ1) is 12.5. The molecule has 1 rings (SSSR count). The van der Waals surface area contributed by atoms with E-state index in [1.54, 1.807) is 24.4 Å². The molecule has 0 fully saturated rings. The van der Waals surface area contributed by atoms with Crippen LogP contribution in [0.3, 0.4) is 0 Å². The van der Waals surface area contributed by atoms with Gasteiger partial charge in [-0.2, -0.15) is 0 Å². The normalized spacial score (nSPS) is 10.4. The molecule has 0 radical (unpaired) electrons. The van der Waals surface area contributed by atoms with Gasteiger partial charge in [0.25, 0.3) is 5.91 Å². The predicted molar refractivity (Wildman–Crippen MR) is 61.9 cm³/mol. The molecular formula is C10H12ClN3O2. The fraction of sp³-hybridized carbons (Fsp3) is 0.200. The number of hydrogen-bond acceptors (Lipinski definition) is 4. The summed E-state index contributed by atoms with van der Waals surface area (Å²) in [5.74, 6) is 0.0447. The standard InChI is InChI=1S/C10H12ClN3O2/c11-8-4-3-6-12-10(8)14-13-9(16)5-1-2-7-15/h1,3-6,15H,2,7H2,(H,12,14)(H,13,16)/b5-1+. The first-order valence-electron chi connectivity index (χ1n) is 4.68. The highest BCUT2D eigenvalue weighted by Crippen LogP contribution is 2.15. The topological polar surface area (TPSA) is 74.2 Å². The molecule has 1 aromatic rings. The van der Waals surface area contributed by atoms with Crippen LogP contribution in [0.5, 0.6) is 0 Å². The van der Waals surface area contributed by atoms with Gasteiger partial charge in [0, 0.05) is 18.9 Å². The zero-order valence-corrected chi connectivity index (χ0v) is 9.24. The quantitative estimate of drug-likeness (QED) is 0.534. The largest absolute Gasteiger partial charge is 0.396 e. The van der Waals surface area contributed by atoms with E-state index in [9.17, 15) is 4.79 Å². The second-order valence-corrected chi connectivity index (χ2v) is 3.27. The summed E-state index contributed by atoms with van der Waals surface area (Å²) in [6.45, 7) is 0.0171. The molecule has 0 aliphatic carbocycles. The molecule has 86 valence electrons. The van der Waals surface area contributed by atoms with Crippen LogP contribution in [0, 0.1) is 0 Å². The number of carbonyl (C=O) groups excluding carboxylic acids is 1. The number of anilines is 1. The third-order valence-electron chi connectivity index (χ3n) is 1.63. The molecule has 0 atom stereocenters. The fourth-order valence-electron chi connectivity index (χ4n) is 0.905. The van der Waals surface area contributed by atoms with E-state index in [-0.39, 0.29) is 12.5 Å². The summed E-state index contributed by atoms with van der Waals surface area (Å²) >= 11 is 5.81. The minimum atomic E-state index is -0.338. The van der Waals surface area contributed by atoms with Gasteiger partial charge in [0.2, 0.25) is 0 Å². The van der Waals surface area contributed by atoms with Crippen LogP contribution in [0.2, 0.25) is 5.02 Å². The molecule has 0 saturated heterocycles. The van der Waals surface area contributed by atoms with E-state index >= 15 is 0 Å². The van der Waals surface area contributed by atoms with Gasteiger partial charge in [-0.05, 0) is 18.6 Å². The first-order chi connectivity index (χ1) is 7.74. The number of aromatic nitrogens is 1. The Morgan fingerprint density at radius 2 is 2.44 bits per heavy atom. The Kier molecular flexibility index (Phi) is 5.31. The lowest BCUT2D eigenvalue weighted by Crippen LogP contribution is -2.28. The van der Waals surface area contributed by atoms with Crippen LogP contribution in [0.25, 0.3) is 0 Å². The Bertz CT molecular complexity index is 382. The van der Waals surface area contributed by atoms with Crippen LogP contribution in [-0.4, -0.2) is 22.6 Å². The lowest BCUT2D eigenvalue weighted by molar-refractivity contribution is -0.116. The van der Waals surface area contributed by atoms with Gasteiger partial charge >= 0.3 is 0 Å². The number of pyridine rings is 1. The maximum Gasteiger partial charge on any atom is 0.262 e. The maximum atomic E-state index is 11.2. The van der Waals surface area contributed by atoms with Crippen LogP contribution in [0.1, 0.15) is 6.42 Å². The average molecular weight is 242 g/mol. The Hall–Kier alpha value is -1.59. The highest BCUT2D eigenvalue weighted by atomic mass is 35.5. The lowest BCUT2D eigenvalue weighted by Gasteiger charge is -2.06. The summed E-state index contributed by atoms with van der Waals surface area (Å²) in [4.78, 5) is 15.1. The molecule has 5 nitrogen and oxygen atoms in total. The number of rotatable bonds is 5. The molecule has 1 amide bonds. The first-order valence-corrected chi connectivity index (χ1v) is 5.05. The van der Waals surface area contributed by atoms with Gasteiger partial charge < -0.3 is 5.11 Å². The third kappa shape index (κ3) is 4.29. The van der Waals surface area contributed by atoms with E-state index in [1.807, 2.05) is 0 Å². The number of nitrogens with zero attached hydrogens (tertiary/aromatic N) is 1. The van der Waals surface area contributed by atoms with Gasteiger partial charge in [0.1, 0.15) is 0 Å². The van der Waals surface area contributed by atoms with Crippen LogP contribution in [0.15, 0.2) is 30.5 Å². The smallest absolute Gasteiger partial charge is 0.262 e. The van der Waals surface area contributed by atoms with Gasteiger partial charge in [-0.15, -0.1) is 0 Å². The molecule has 0 bridgehead atoms. The SMILES string of the molecule is O=C(/C=C/CCO)NNc1ncccc1Cl. The predicted octanol–water partition coefficient (Wildman–Crippen LogP) is 1.12. The number of carbonyl (C=O) groups is 1. The molecule has 1 aromatic heterocycles. The molecule has 0 spiro atoms. The Labute approximate surface area is 98.1 Å². The van der Waals surface area contributed by atoms with Crippen molar-refractivity contribution in [2.45, 2.75) is 6.42 Å². The minimum absolute atomic E-state index is 0.0171. The van der Waals surface area contributed by atoms with Crippen molar-refractivity contribution in [3.05, 3.63) is 35.5 Å². The van der Waals surface area contributed by atoms with Crippen molar-refractivity contribution in [3.8, 4) is 0 Å². The molecule has 0 aliphatic heterocycles. The molecule has 6 heteroatoms. The highest BCUT2D eigenvalue weighted by molar-refractivity contribution is 6.32. The molecular weight excluding hydrogens is 230 g/mol. The summed E-state index contributed by atoms with van der Waals surface area (Å²) in [5, 5.41) is 8.92. The Morgan fingerprint density at radius 1 is 1.62 bits per heavy atom. The summed E-state index contributed by atoms with van der Waals surface area (Å²) in [6, 6.07) is 3.35. The van der Waals surface area contributed by atoms with Crippen LogP contribution in [-0.2, 0) is 4.79 Å². The van der Waals surface area contributed by atoms with Crippen LogP contribution < -0.4 is 10.9 Å². The van der Waals surface area contributed by atoms with Gasteiger partial charge in [0.05, 0.1) is 5.02 Å². The van der Waals surface area contributed by atoms with Crippen molar-refractivity contribution < 1.29 is 9.90 Å². The van der Waals surface area contributed by atoms with Crippen molar-refractivity contribution in [2.24, 2.45) is 0 Å². The third-order valence-corrected chi connectivity index (χ3v) is 1.93. The molecule has 16 heavy (non-hydrogen) atoms. The maximum absolute atomic E-state index is 11.2. The zero-order chi connectivity index (χ0) is 11.8. The summed E-state index contributed by atoms with van der Waals surface area (Å²) in [5.41, 5.74) is 4.98. The van der Waals surface area contributed by atoms with Crippen LogP contribution >= 0.6 is 11.6 Å². The Morgan fingerprint density at radius 3 is 3.12 bits per heavy atom. The van der Waals surface area contributed by atoms with Gasteiger partial charge in [-0.3, -0.25) is 15.6 Å². The number of hydrogen-bond donors (Lipinski definition) is 3. The van der Waals surface area contributed by atoms with Crippen LogP contribution in [0.4, 0.5) is 5.82 Å². The van der Waals surface area contributed by atoms with Crippen molar-refractivity contribution >= 4 is 23.3 Å². The summed E-state index contributed by atoms with van der Waals surface area (Å²) < 4.78 is 0. The van der Waals surface area contributed by atoms with E-state index < -0.39 is 0 Å². The average Bonchev–Trinajstić information content (AvgIpc) is 2.28. The monoisotopic (exact) mass is 241 g/mol. The number of halogens is 1. The molecule has 0 saturated carbocycles. The van der Waals surface area contributed by atoms with Gasteiger partial charge in [0.15, 0.2) is 5.82 Å². The minimum Gasteiger partial charge on any atom is -0.396 e. The molecule has 0 aromatic carbocycles. The van der Waals surface area contributed by atoms with E-state index in [2.05, 4.69) is 15.8 Å². The van der Waals surface area contributed by atoms with E-state index in [4.69, 9.17) is 16.7 Å². The fourth-order valence-corrected chi connectivity index (χ4v) is 1.07. The van der Waals surface area contributed by atoms with Crippen molar-refractivity contribution in [1.29, 1.82) is 0 Å². The molecule has 0 unspecified atom stereocenters. The zero-order valence-electron chi connectivity index (χ0n) is 8.48. The van der Waals surface area contributed by atoms with E-state index in [1.165, 1.54) is 6.08 Å². The van der Waals surface area contributed by atoms with Gasteiger partial charge in [-0.1, -0.05) is 17.7 Å². The molecule has 0 aliphatic rings. The van der Waals surface area contributed by atoms with E-state index in [0.29, 0.717) is 17.3 Å². The summed E-state index contributed by atoms with van der Waals surface area (Å²) in [7, 11) is 0. The van der Waals surface area contributed by atoms with Gasteiger partial charge in [-0.25, -0.2) is 4.98 Å². The lowest BCUT2D eigenvalue weighted by atomic mass is 10.4. The van der Waals surface area contributed by atoms with Crippen molar-refractivity contribution in [2.75, 3.05) is 12.0 Å². The second-order valence-electron chi connectivity index (χ2n) is 2.86. The van der Waals surface area contributed by atoms with E-state index in [0.717, 1.165) is 0 Å². The summed E-state index contributed by atoms with van der Waals surface area (Å²) in [6.07, 6.45) is 4.89. The number of aliphatic hydroxyl groups excluding tert-OH is 1. The van der Waals surface area contributed by atoms with Crippen molar-refractivity contribution in [1.82, 2.24) is 10.4 Å². The number of amides is 1. The molecule has 1 heterocycles. The molecule has 3 N–H and O–H groups in total. The highest BCUT2D eigenvalue weighted by Gasteiger charge is 2.00. The number of aliphatic hydroxyl groups is 1. The van der Waals surface area contributed by atoms with Crippen molar-refractivity contribution in [3.63, 3.8) is 0 Å².